The summed E-state index contributed by atoms with van der Waals surface area (Å²) in [5.74, 6) is -0.991. The van der Waals surface area contributed by atoms with Gasteiger partial charge in [0.25, 0.3) is 0 Å². The molecule has 0 heterocycles. The van der Waals surface area contributed by atoms with Crippen LogP contribution in [0.3, 0.4) is 0 Å². The average Bonchev–Trinajstić information content (AvgIpc) is 1.61. The molecule has 0 radical (unpaired) electrons. The van der Waals surface area contributed by atoms with Crippen LogP contribution in [0.25, 0.3) is 0 Å². The summed E-state index contributed by atoms with van der Waals surface area (Å²) in [5.41, 5.74) is 0. The Kier molecular flexibility index (Phi) is 10.4. The van der Waals surface area contributed by atoms with Crippen LogP contribution in [0.4, 0.5) is 0 Å². The summed E-state index contributed by atoms with van der Waals surface area (Å²) >= 11 is 5.07. The molecule has 0 saturated heterocycles. The molecule has 0 aliphatic heterocycles. The molecule has 0 rings (SSSR count). The van der Waals surface area contributed by atoms with Gasteiger partial charge < -0.3 is 9.90 Å². The topological polar surface area (TPSA) is 40.1 Å². The maximum absolute atomic E-state index is 9.50. The Morgan fingerprint density at radius 1 is 1.75 bits per heavy atom. The molecule has 2 nitrogen and oxygen atoms in total. The molecule has 0 N–H and O–H groups in total. The number of alkyl halides is 1. The van der Waals surface area contributed by atoms with Gasteiger partial charge in [-0.25, -0.2) is 0 Å². The van der Waals surface area contributed by atoms with E-state index in [2.05, 4.69) is 0 Å². The maximum atomic E-state index is 9.50. The van der Waals surface area contributed by atoms with Gasteiger partial charge in [-0.05, 0) is 6.08 Å². The second kappa shape index (κ2) is 7.42. The summed E-state index contributed by atoms with van der Waals surface area (Å²) in [7, 11) is 0. The molecule has 0 bridgehead atoms. The first-order chi connectivity index (χ1) is 3.27. The van der Waals surface area contributed by atoms with Gasteiger partial charge in [0, 0.05) is 5.88 Å². The second-order valence-electron chi connectivity index (χ2n) is 0.876. The summed E-state index contributed by atoms with van der Waals surface area (Å²) in [6.45, 7) is 0. The number of hydrogen-bond acceptors (Lipinski definition) is 2. The van der Waals surface area contributed by atoms with Crippen LogP contribution in [-0.4, -0.2) is 39.1 Å². The summed E-state index contributed by atoms with van der Waals surface area (Å²) in [5, 5.41) is 9.50. The zero-order valence-corrected chi connectivity index (χ0v) is 9.38. The number of carbonyl (C=O) groups excluding carboxylic acids is 1. The van der Waals surface area contributed by atoms with E-state index in [1.165, 1.54) is 6.08 Å². The van der Waals surface area contributed by atoms with E-state index in [4.69, 9.17) is 11.6 Å². The molecule has 42 valence electrons. The number of rotatable bonds is 2. The summed E-state index contributed by atoms with van der Waals surface area (Å²) in [6.07, 6.45) is 2.20. The SMILES string of the molecule is O=C([O-])/C=C/CCl.[Tl+]. The zero-order valence-electron chi connectivity index (χ0n) is 4.13. The van der Waals surface area contributed by atoms with Gasteiger partial charge in [0.05, 0.1) is 5.97 Å². The first kappa shape index (κ1) is 11.2. The minimum Gasteiger partial charge on any atom is -0.545 e. The van der Waals surface area contributed by atoms with Crippen molar-refractivity contribution in [2.45, 2.75) is 0 Å². The van der Waals surface area contributed by atoms with Crippen molar-refractivity contribution in [3.05, 3.63) is 12.2 Å². The Morgan fingerprint density at radius 2 is 2.25 bits per heavy atom. The van der Waals surface area contributed by atoms with Crippen molar-refractivity contribution in [3.8, 4) is 0 Å². The molecule has 0 saturated carbocycles. The monoisotopic (exact) mass is 324 g/mol. The Balaban J connectivity index is 0. The molecule has 0 aromatic rings. The molecule has 8 heavy (non-hydrogen) atoms. The van der Waals surface area contributed by atoms with Crippen LogP contribution in [0.1, 0.15) is 0 Å². The van der Waals surface area contributed by atoms with Crippen molar-refractivity contribution >= 4 is 44.9 Å². The molecule has 0 unspecified atom stereocenters. The Morgan fingerprint density at radius 3 is 2.38 bits per heavy atom. The minimum atomic E-state index is -1.21. The van der Waals surface area contributed by atoms with E-state index in [1.807, 2.05) is 0 Å². The van der Waals surface area contributed by atoms with Crippen molar-refractivity contribution < 1.29 is 9.90 Å². The van der Waals surface area contributed by atoms with Gasteiger partial charge in [-0.15, -0.1) is 11.6 Å². The van der Waals surface area contributed by atoms with Crippen molar-refractivity contribution in [1.82, 2.24) is 0 Å². The fourth-order valence-corrected chi connectivity index (χ4v) is 0.230. The zero-order chi connectivity index (χ0) is 5.70. The molecule has 4 heteroatoms. The van der Waals surface area contributed by atoms with Crippen molar-refractivity contribution in [1.29, 1.82) is 0 Å². The van der Waals surface area contributed by atoms with Gasteiger partial charge in [-0.2, -0.15) is 0 Å². The molecular weight excluding hydrogens is 320 g/mol. The average molecular weight is 324 g/mol. The molecular formula is C4H4ClO2Tl. The first-order valence-corrected chi connectivity index (χ1v) is 2.24. The van der Waals surface area contributed by atoms with E-state index in [0.717, 1.165) is 6.08 Å². The Bertz CT molecular complexity index is 92.0. The van der Waals surface area contributed by atoms with Crippen molar-refractivity contribution in [2.24, 2.45) is 0 Å². The standard InChI is InChI=1S/C4H5ClO2.Tl/c5-3-1-2-4(6)7;/h1-2H,3H2,(H,6,7);/q;+1/p-1/b2-1+;. The number of carboxylic acid groups (broad SMARTS) is 1. The van der Waals surface area contributed by atoms with Crippen LogP contribution in [0.15, 0.2) is 12.2 Å². The number of carboxylic acids is 1. The molecule has 0 aromatic carbocycles. The van der Waals surface area contributed by atoms with Crippen LogP contribution in [0.5, 0.6) is 0 Å². The van der Waals surface area contributed by atoms with Gasteiger partial charge >= 0.3 is 27.3 Å². The largest absolute Gasteiger partial charge is 1.00 e. The van der Waals surface area contributed by atoms with Gasteiger partial charge in [0.15, 0.2) is 0 Å². The molecule has 0 aromatic heterocycles. The Hall–Kier alpha value is 0.422. The number of allylic oxidation sites excluding steroid dienone is 1. The van der Waals surface area contributed by atoms with Crippen LogP contribution < -0.4 is 5.11 Å². The quantitative estimate of drug-likeness (QED) is 0.377. The normalized spacial score (nSPS) is 8.62. The van der Waals surface area contributed by atoms with E-state index >= 15 is 0 Å². The smallest absolute Gasteiger partial charge is 0.545 e. The number of carbonyl (C=O) groups is 1. The summed E-state index contributed by atoms with van der Waals surface area (Å²) in [6, 6.07) is 0. The summed E-state index contributed by atoms with van der Waals surface area (Å²) in [4.78, 5) is 9.50. The van der Waals surface area contributed by atoms with Crippen LogP contribution in [0, 0.1) is 0 Å². The van der Waals surface area contributed by atoms with E-state index in [9.17, 15) is 9.90 Å². The molecule has 0 aliphatic carbocycles. The maximum Gasteiger partial charge on any atom is 1.00 e. The van der Waals surface area contributed by atoms with Crippen LogP contribution >= 0.6 is 11.6 Å². The predicted octanol–water partition coefficient (Wildman–Crippen LogP) is -0.850. The number of hydrogen-bond donors (Lipinski definition) is 0. The molecule has 0 aliphatic rings. The molecule has 0 fully saturated rings. The van der Waals surface area contributed by atoms with Gasteiger partial charge in [-0.1, -0.05) is 6.08 Å². The molecule has 0 amide bonds. The molecule has 0 spiro atoms. The first-order valence-electron chi connectivity index (χ1n) is 1.71. The third-order valence-electron chi connectivity index (χ3n) is 0.343. The van der Waals surface area contributed by atoms with E-state index in [-0.39, 0.29) is 33.2 Å². The van der Waals surface area contributed by atoms with Gasteiger partial charge in [0.2, 0.25) is 0 Å². The number of halogens is 1. The fourth-order valence-electron chi connectivity index (χ4n) is 0.141. The van der Waals surface area contributed by atoms with Gasteiger partial charge in [0.1, 0.15) is 0 Å². The summed E-state index contributed by atoms with van der Waals surface area (Å²) < 4.78 is 0. The van der Waals surface area contributed by atoms with Crippen LogP contribution in [0.2, 0.25) is 0 Å². The van der Waals surface area contributed by atoms with E-state index in [1.54, 1.807) is 0 Å². The fraction of sp³-hybridized carbons (Fsp3) is 0.250. The predicted molar refractivity (Wildman–Crippen MR) is 30.6 cm³/mol. The van der Waals surface area contributed by atoms with Gasteiger partial charge in [-0.3, -0.25) is 0 Å². The minimum absolute atomic E-state index is 0. The number of aliphatic carboxylic acids is 1. The third-order valence-corrected chi connectivity index (χ3v) is 0.521. The van der Waals surface area contributed by atoms with Crippen molar-refractivity contribution in [2.75, 3.05) is 5.88 Å². The van der Waals surface area contributed by atoms with E-state index < -0.39 is 5.97 Å². The van der Waals surface area contributed by atoms with Crippen LogP contribution in [-0.2, 0) is 4.79 Å². The second-order valence-corrected chi connectivity index (χ2v) is 1.18. The van der Waals surface area contributed by atoms with E-state index in [0.29, 0.717) is 0 Å². The third kappa shape index (κ3) is 9.66. The molecule has 0 atom stereocenters. The Labute approximate surface area is 72.7 Å². The van der Waals surface area contributed by atoms with Crippen molar-refractivity contribution in [3.63, 3.8) is 0 Å².